The Kier molecular flexibility index (Phi) is 5.24. The fraction of sp³-hybridized carbons (Fsp3) is 0.923. The molecule has 1 saturated heterocycles. The van der Waals surface area contributed by atoms with E-state index >= 15 is 0 Å². The van der Waals surface area contributed by atoms with Crippen molar-refractivity contribution in [3.05, 3.63) is 0 Å². The van der Waals surface area contributed by atoms with E-state index in [1.807, 2.05) is 0 Å². The molecule has 0 saturated carbocycles. The predicted octanol–water partition coefficient (Wildman–Crippen LogP) is 1.81. The van der Waals surface area contributed by atoms with E-state index in [0.29, 0.717) is 12.0 Å². The lowest BCUT2D eigenvalue weighted by Crippen LogP contribution is -2.46. The van der Waals surface area contributed by atoms with Gasteiger partial charge in [0.2, 0.25) is 0 Å². The van der Waals surface area contributed by atoms with E-state index in [1.165, 1.54) is 19.4 Å². The lowest BCUT2D eigenvalue weighted by atomic mass is 9.95. The molecular formula is C13H25N3. The second-order valence-electron chi connectivity index (χ2n) is 5.48. The molecule has 2 atom stereocenters. The Bertz CT molecular complexity index is 244. The summed E-state index contributed by atoms with van der Waals surface area (Å²) in [4.78, 5) is 4.77. The molecule has 16 heavy (non-hydrogen) atoms. The van der Waals surface area contributed by atoms with Gasteiger partial charge >= 0.3 is 0 Å². The highest BCUT2D eigenvalue weighted by atomic mass is 15.2. The minimum absolute atomic E-state index is 0.164. The zero-order valence-corrected chi connectivity index (χ0v) is 11.1. The molecule has 0 aromatic heterocycles. The van der Waals surface area contributed by atoms with E-state index in [9.17, 15) is 0 Å². The van der Waals surface area contributed by atoms with Crippen LogP contribution in [0.3, 0.4) is 0 Å². The molecule has 0 aliphatic carbocycles. The summed E-state index contributed by atoms with van der Waals surface area (Å²) in [5.41, 5.74) is 0. The van der Waals surface area contributed by atoms with Crippen LogP contribution in [0.25, 0.3) is 0 Å². The van der Waals surface area contributed by atoms with Gasteiger partial charge in [0.05, 0.1) is 12.0 Å². The number of rotatable bonds is 4. The Morgan fingerprint density at radius 3 is 2.69 bits per heavy atom. The second-order valence-corrected chi connectivity index (χ2v) is 5.48. The summed E-state index contributed by atoms with van der Waals surface area (Å²) in [6, 6.07) is 3.06. The summed E-state index contributed by atoms with van der Waals surface area (Å²) >= 11 is 0. The van der Waals surface area contributed by atoms with Crippen LogP contribution in [-0.4, -0.2) is 49.6 Å². The van der Waals surface area contributed by atoms with Gasteiger partial charge in [-0.15, -0.1) is 0 Å². The number of likely N-dealkylation sites (N-methyl/N-ethyl adjacent to an activating group) is 2. The maximum Gasteiger partial charge on any atom is 0.0672 e. The first-order valence-corrected chi connectivity index (χ1v) is 6.33. The summed E-state index contributed by atoms with van der Waals surface area (Å²) in [5, 5.41) is 9.11. The Morgan fingerprint density at radius 2 is 2.19 bits per heavy atom. The van der Waals surface area contributed by atoms with Crippen LogP contribution >= 0.6 is 0 Å². The van der Waals surface area contributed by atoms with Crippen LogP contribution in [-0.2, 0) is 0 Å². The lowest BCUT2D eigenvalue weighted by Gasteiger charge is -2.37. The summed E-state index contributed by atoms with van der Waals surface area (Å²) in [6.45, 7) is 7.54. The molecule has 3 heteroatoms. The number of hydrogen-bond donors (Lipinski definition) is 0. The molecule has 1 fully saturated rings. The Balaban J connectivity index is 2.44. The van der Waals surface area contributed by atoms with Crippen LogP contribution in [0.2, 0.25) is 0 Å². The molecule has 0 aromatic carbocycles. The fourth-order valence-electron chi connectivity index (χ4n) is 2.36. The van der Waals surface area contributed by atoms with Gasteiger partial charge in [-0.05, 0) is 39.4 Å². The van der Waals surface area contributed by atoms with Crippen molar-refractivity contribution in [3.8, 4) is 6.07 Å². The Labute approximate surface area is 100 Å². The third-order valence-electron chi connectivity index (χ3n) is 3.68. The molecule has 0 bridgehead atoms. The third kappa shape index (κ3) is 3.77. The molecule has 92 valence electrons. The highest BCUT2D eigenvalue weighted by Gasteiger charge is 2.24. The van der Waals surface area contributed by atoms with Crippen LogP contribution in [0.5, 0.6) is 0 Å². The molecule has 1 heterocycles. The van der Waals surface area contributed by atoms with Crippen molar-refractivity contribution in [1.82, 2.24) is 9.80 Å². The van der Waals surface area contributed by atoms with Crippen molar-refractivity contribution in [3.63, 3.8) is 0 Å². The minimum Gasteiger partial charge on any atom is -0.305 e. The number of piperidine rings is 1. The van der Waals surface area contributed by atoms with Gasteiger partial charge in [0, 0.05) is 19.1 Å². The van der Waals surface area contributed by atoms with E-state index in [4.69, 9.17) is 5.26 Å². The SMILES string of the molecule is CC(C)C(C#N)CN(C)C1CCCN(C)C1. The first-order valence-electron chi connectivity index (χ1n) is 6.33. The van der Waals surface area contributed by atoms with Gasteiger partial charge in [-0.25, -0.2) is 0 Å². The molecule has 0 radical (unpaired) electrons. The first kappa shape index (κ1) is 13.5. The molecular weight excluding hydrogens is 198 g/mol. The number of hydrogen-bond acceptors (Lipinski definition) is 3. The maximum absolute atomic E-state index is 9.11. The smallest absolute Gasteiger partial charge is 0.0672 e. The molecule has 0 spiro atoms. The fourth-order valence-corrected chi connectivity index (χ4v) is 2.36. The van der Waals surface area contributed by atoms with Crippen molar-refractivity contribution >= 4 is 0 Å². The Hall–Kier alpha value is -0.590. The van der Waals surface area contributed by atoms with Gasteiger partial charge < -0.3 is 9.80 Å². The van der Waals surface area contributed by atoms with Gasteiger partial charge in [0.25, 0.3) is 0 Å². The largest absolute Gasteiger partial charge is 0.305 e. The van der Waals surface area contributed by atoms with Crippen molar-refractivity contribution in [2.75, 3.05) is 33.7 Å². The average Bonchev–Trinajstić information content (AvgIpc) is 2.25. The highest BCUT2D eigenvalue weighted by molar-refractivity contribution is 4.89. The quantitative estimate of drug-likeness (QED) is 0.728. The molecule has 1 aliphatic heterocycles. The van der Waals surface area contributed by atoms with E-state index in [0.717, 1.165) is 13.1 Å². The van der Waals surface area contributed by atoms with Crippen molar-refractivity contribution in [2.45, 2.75) is 32.7 Å². The van der Waals surface area contributed by atoms with E-state index < -0.39 is 0 Å². The van der Waals surface area contributed by atoms with Gasteiger partial charge in [-0.3, -0.25) is 0 Å². The number of nitrogens with zero attached hydrogens (tertiary/aromatic N) is 3. The van der Waals surface area contributed by atoms with Crippen LogP contribution in [0.15, 0.2) is 0 Å². The highest BCUT2D eigenvalue weighted by Crippen LogP contribution is 2.17. The normalized spacial score (nSPS) is 24.7. The van der Waals surface area contributed by atoms with Crippen LogP contribution < -0.4 is 0 Å². The van der Waals surface area contributed by atoms with Gasteiger partial charge in [-0.2, -0.15) is 5.26 Å². The minimum atomic E-state index is 0.164. The predicted molar refractivity (Wildman–Crippen MR) is 67.1 cm³/mol. The summed E-state index contributed by atoms with van der Waals surface area (Å²) in [6.07, 6.45) is 2.56. The van der Waals surface area contributed by atoms with Crippen LogP contribution in [0.4, 0.5) is 0 Å². The van der Waals surface area contributed by atoms with Gasteiger partial charge in [0.1, 0.15) is 0 Å². The topological polar surface area (TPSA) is 30.3 Å². The molecule has 0 amide bonds. The second kappa shape index (κ2) is 6.22. The summed E-state index contributed by atoms with van der Waals surface area (Å²) in [5.74, 6) is 0.617. The van der Waals surface area contributed by atoms with E-state index in [1.54, 1.807) is 0 Å². The average molecular weight is 223 g/mol. The summed E-state index contributed by atoms with van der Waals surface area (Å²) in [7, 11) is 4.35. The van der Waals surface area contributed by atoms with Crippen LogP contribution in [0, 0.1) is 23.2 Å². The van der Waals surface area contributed by atoms with Gasteiger partial charge in [0.15, 0.2) is 0 Å². The molecule has 1 aliphatic rings. The zero-order valence-electron chi connectivity index (χ0n) is 11.1. The number of nitriles is 1. The van der Waals surface area contributed by atoms with Crippen molar-refractivity contribution in [2.24, 2.45) is 11.8 Å². The maximum atomic E-state index is 9.11. The van der Waals surface area contributed by atoms with E-state index in [-0.39, 0.29) is 5.92 Å². The molecule has 0 aromatic rings. The Morgan fingerprint density at radius 1 is 1.50 bits per heavy atom. The molecule has 2 unspecified atom stereocenters. The lowest BCUT2D eigenvalue weighted by molar-refractivity contribution is 0.120. The summed E-state index contributed by atoms with van der Waals surface area (Å²) < 4.78 is 0. The molecule has 1 rings (SSSR count). The molecule has 3 nitrogen and oxygen atoms in total. The van der Waals surface area contributed by atoms with Crippen molar-refractivity contribution < 1.29 is 0 Å². The molecule has 0 N–H and O–H groups in total. The van der Waals surface area contributed by atoms with Crippen molar-refractivity contribution in [1.29, 1.82) is 5.26 Å². The number of likely N-dealkylation sites (tertiary alicyclic amines) is 1. The van der Waals surface area contributed by atoms with Gasteiger partial charge in [-0.1, -0.05) is 13.8 Å². The monoisotopic (exact) mass is 223 g/mol. The van der Waals surface area contributed by atoms with E-state index in [2.05, 4.69) is 43.8 Å². The standard InChI is InChI=1S/C13H25N3/c1-11(2)12(8-14)9-16(4)13-6-5-7-15(3)10-13/h11-13H,5-7,9-10H2,1-4H3. The first-order chi connectivity index (χ1) is 7.54. The van der Waals surface area contributed by atoms with Crippen LogP contribution in [0.1, 0.15) is 26.7 Å². The zero-order chi connectivity index (χ0) is 12.1. The third-order valence-corrected chi connectivity index (χ3v) is 3.68.